The van der Waals surface area contributed by atoms with Crippen LogP contribution in [0.5, 0.6) is 23.0 Å². The molecule has 2 aromatic carbocycles. The van der Waals surface area contributed by atoms with E-state index in [0.717, 1.165) is 11.3 Å². The molecule has 1 heterocycles. The fourth-order valence-electron chi connectivity index (χ4n) is 2.74. The highest BCUT2D eigenvalue weighted by molar-refractivity contribution is 7.16. The fourth-order valence-corrected chi connectivity index (χ4v) is 3.67. The molecule has 0 bridgehead atoms. The van der Waals surface area contributed by atoms with Crippen LogP contribution in [0.2, 0.25) is 0 Å². The Morgan fingerprint density at radius 2 is 0.897 bits per heavy atom. The van der Waals surface area contributed by atoms with Gasteiger partial charge in [0.25, 0.3) is 0 Å². The molecule has 0 unspecified atom stereocenters. The highest BCUT2D eigenvalue weighted by Gasteiger charge is 2.19. The Morgan fingerprint density at radius 3 is 1.17 bits per heavy atom. The number of ether oxygens (including phenoxy) is 4. The van der Waals surface area contributed by atoms with Crippen LogP contribution < -0.4 is 18.9 Å². The molecule has 0 radical (unpaired) electrons. The van der Waals surface area contributed by atoms with E-state index in [-0.39, 0.29) is 11.6 Å². The van der Waals surface area contributed by atoms with Crippen LogP contribution in [-0.4, -0.2) is 40.0 Å². The largest absolute Gasteiger partial charge is 0.497 e. The molecule has 29 heavy (non-hydrogen) atoms. The van der Waals surface area contributed by atoms with Gasteiger partial charge < -0.3 is 18.9 Å². The zero-order valence-corrected chi connectivity index (χ0v) is 17.3. The van der Waals surface area contributed by atoms with Crippen molar-refractivity contribution in [2.24, 2.45) is 0 Å². The van der Waals surface area contributed by atoms with Crippen molar-refractivity contribution in [3.63, 3.8) is 0 Å². The van der Waals surface area contributed by atoms with Gasteiger partial charge in [-0.2, -0.15) is 0 Å². The van der Waals surface area contributed by atoms with Crippen LogP contribution >= 0.6 is 11.3 Å². The van der Waals surface area contributed by atoms with Gasteiger partial charge in [0.1, 0.15) is 23.0 Å². The topological polar surface area (TPSA) is 71.1 Å². The van der Waals surface area contributed by atoms with Crippen molar-refractivity contribution in [1.82, 2.24) is 0 Å². The number of hydrogen-bond donors (Lipinski definition) is 0. The summed E-state index contributed by atoms with van der Waals surface area (Å²) in [6.45, 7) is 0. The minimum Gasteiger partial charge on any atom is -0.497 e. The minimum atomic E-state index is -0.213. The molecule has 0 aliphatic heterocycles. The predicted molar refractivity (Wildman–Crippen MR) is 110 cm³/mol. The van der Waals surface area contributed by atoms with Crippen molar-refractivity contribution in [3.8, 4) is 23.0 Å². The van der Waals surface area contributed by atoms with Gasteiger partial charge in [-0.1, -0.05) is 0 Å². The molecule has 0 saturated heterocycles. The Balaban J connectivity index is 1.91. The van der Waals surface area contributed by atoms with Crippen molar-refractivity contribution in [2.45, 2.75) is 0 Å². The number of carbonyl (C=O) groups is 2. The van der Waals surface area contributed by atoms with E-state index < -0.39 is 0 Å². The molecule has 0 atom stereocenters. The smallest absolute Gasteiger partial charge is 0.203 e. The average Bonchev–Trinajstić information content (AvgIpc) is 3.27. The van der Waals surface area contributed by atoms with Crippen LogP contribution in [0.4, 0.5) is 0 Å². The van der Waals surface area contributed by atoms with Crippen molar-refractivity contribution < 1.29 is 28.5 Å². The monoisotopic (exact) mass is 412 g/mol. The molecule has 0 aliphatic rings. The highest BCUT2D eigenvalue weighted by Crippen LogP contribution is 2.29. The average molecular weight is 412 g/mol. The van der Waals surface area contributed by atoms with E-state index >= 15 is 0 Å². The van der Waals surface area contributed by atoms with E-state index in [9.17, 15) is 9.59 Å². The summed E-state index contributed by atoms with van der Waals surface area (Å²) in [6, 6.07) is 13.2. The number of thiophene rings is 1. The van der Waals surface area contributed by atoms with Crippen molar-refractivity contribution in [1.29, 1.82) is 0 Å². The number of ketones is 2. The maximum absolute atomic E-state index is 12.9. The van der Waals surface area contributed by atoms with Crippen LogP contribution in [0.3, 0.4) is 0 Å². The Kier molecular flexibility index (Phi) is 6.19. The molecule has 7 heteroatoms. The van der Waals surface area contributed by atoms with Gasteiger partial charge in [0.05, 0.1) is 38.2 Å². The van der Waals surface area contributed by atoms with Crippen molar-refractivity contribution in [3.05, 3.63) is 69.4 Å². The molecular formula is C22H20O6S. The highest BCUT2D eigenvalue weighted by atomic mass is 32.1. The number of carbonyl (C=O) groups excluding carboxylic acids is 2. The van der Waals surface area contributed by atoms with Crippen LogP contribution in [-0.2, 0) is 0 Å². The summed E-state index contributed by atoms with van der Waals surface area (Å²) in [5.74, 6) is 1.64. The third-order valence-electron chi connectivity index (χ3n) is 4.28. The van der Waals surface area contributed by atoms with Gasteiger partial charge in [-0.15, -0.1) is 11.3 Å². The molecule has 0 aliphatic carbocycles. The molecule has 150 valence electrons. The van der Waals surface area contributed by atoms with Crippen molar-refractivity contribution in [2.75, 3.05) is 28.4 Å². The second-order valence-corrected chi connectivity index (χ2v) is 7.11. The summed E-state index contributed by atoms with van der Waals surface area (Å²) in [7, 11) is 6.08. The van der Waals surface area contributed by atoms with E-state index in [1.165, 1.54) is 28.4 Å². The summed E-state index contributed by atoms with van der Waals surface area (Å²) < 4.78 is 20.9. The minimum absolute atomic E-state index is 0.213. The molecule has 0 saturated carbocycles. The zero-order valence-electron chi connectivity index (χ0n) is 16.5. The molecule has 3 aromatic rings. The summed E-state index contributed by atoms with van der Waals surface area (Å²) in [5, 5.41) is 0. The summed E-state index contributed by atoms with van der Waals surface area (Å²) in [4.78, 5) is 26.7. The van der Waals surface area contributed by atoms with Crippen LogP contribution in [0, 0.1) is 0 Å². The van der Waals surface area contributed by atoms with Gasteiger partial charge >= 0.3 is 0 Å². The lowest BCUT2D eigenvalue weighted by Gasteiger charge is -2.07. The molecular weight excluding hydrogens is 392 g/mol. The standard InChI is InChI=1S/C22H20O6S/c1-25-15-7-13(8-16(11-15)26-2)21(23)19-5-6-20(29-19)22(24)14-9-17(27-3)12-18(10-14)28-4/h5-12H,1-4H3. The van der Waals surface area contributed by atoms with Gasteiger partial charge in [-0.3, -0.25) is 9.59 Å². The zero-order chi connectivity index (χ0) is 21.0. The second kappa shape index (κ2) is 8.79. The van der Waals surface area contributed by atoms with E-state index in [1.54, 1.807) is 48.5 Å². The summed E-state index contributed by atoms with van der Waals surface area (Å²) in [5.41, 5.74) is 0.843. The third kappa shape index (κ3) is 4.41. The van der Waals surface area contributed by atoms with Gasteiger partial charge in [0, 0.05) is 23.3 Å². The van der Waals surface area contributed by atoms with Crippen LogP contribution in [0.1, 0.15) is 30.5 Å². The molecule has 1 aromatic heterocycles. The number of rotatable bonds is 8. The normalized spacial score (nSPS) is 10.3. The predicted octanol–water partition coefficient (Wildman–Crippen LogP) is 4.24. The lowest BCUT2D eigenvalue weighted by Crippen LogP contribution is -2.01. The van der Waals surface area contributed by atoms with E-state index in [2.05, 4.69) is 0 Å². The quantitative estimate of drug-likeness (QED) is 0.515. The van der Waals surface area contributed by atoms with Gasteiger partial charge in [-0.05, 0) is 36.4 Å². The lowest BCUT2D eigenvalue weighted by atomic mass is 10.1. The Bertz CT molecular complexity index is 927. The van der Waals surface area contributed by atoms with Gasteiger partial charge in [0.2, 0.25) is 11.6 Å². The van der Waals surface area contributed by atoms with Gasteiger partial charge in [-0.25, -0.2) is 0 Å². The Hall–Kier alpha value is -3.32. The summed E-state index contributed by atoms with van der Waals surface area (Å²) >= 11 is 1.13. The van der Waals surface area contributed by atoms with Crippen molar-refractivity contribution >= 4 is 22.9 Å². The van der Waals surface area contributed by atoms with E-state index in [0.29, 0.717) is 43.9 Å². The van der Waals surface area contributed by atoms with Gasteiger partial charge in [0.15, 0.2) is 0 Å². The van der Waals surface area contributed by atoms with Crippen LogP contribution in [0.15, 0.2) is 48.5 Å². The first kappa shape index (κ1) is 20.4. The SMILES string of the molecule is COc1cc(OC)cc(C(=O)c2ccc(C(=O)c3cc(OC)cc(OC)c3)s2)c1. The first-order valence-electron chi connectivity index (χ1n) is 8.64. The van der Waals surface area contributed by atoms with Crippen LogP contribution in [0.25, 0.3) is 0 Å². The maximum Gasteiger partial charge on any atom is 0.203 e. The number of benzene rings is 2. The Labute approximate surface area is 172 Å². The number of hydrogen-bond acceptors (Lipinski definition) is 7. The molecule has 6 nitrogen and oxygen atoms in total. The molecule has 3 rings (SSSR count). The Morgan fingerprint density at radius 1 is 0.586 bits per heavy atom. The third-order valence-corrected chi connectivity index (χ3v) is 5.36. The number of methoxy groups -OCH3 is 4. The van der Waals surface area contributed by atoms with E-state index in [1.807, 2.05) is 0 Å². The lowest BCUT2D eigenvalue weighted by molar-refractivity contribution is 0.103. The molecule has 0 spiro atoms. The van der Waals surface area contributed by atoms with E-state index in [4.69, 9.17) is 18.9 Å². The molecule has 0 N–H and O–H groups in total. The fraction of sp³-hybridized carbons (Fsp3) is 0.182. The maximum atomic E-state index is 12.9. The molecule has 0 fully saturated rings. The second-order valence-electron chi connectivity index (χ2n) is 6.02. The first-order chi connectivity index (χ1) is 14.0. The summed E-state index contributed by atoms with van der Waals surface area (Å²) in [6.07, 6.45) is 0. The molecule has 0 amide bonds. The first-order valence-corrected chi connectivity index (χ1v) is 9.46.